The molecule has 20 heavy (non-hydrogen) atoms. The van der Waals surface area contributed by atoms with Gasteiger partial charge >= 0.3 is 0 Å². The molecule has 3 heterocycles. The number of aryl methyl sites for hydroxylation is 2. The first-order valence-electron chi connectivity index (χ1n) is 7.22. The maximum Gasteiger partial charge on any atom is 0.158 e. The zero-order chi connectivity index (χ0) is 14.3. The summed E-state index contributed by atoms with van der Waals surface area (Å²) in [6.45, 7) is 5.95. The van der Waals surface area contributed by atoms with Gasteiger partial charge in [-0.1, -0.05) is 6.92 Å². The Balaban J connectivity index is 2.01. The molecule has 2 atom stereocenters. The minimum atomic E-state index is 0.352. The first-order chi connectivity index (χ1) is 9.65. The SMILES string of the molecule is CCC1OCCC1Cn1c(CCl)nc2c(C)nn(C)c21. The summed E-state index contributed by atoms with van der Waals surface area (Å²) in [7, 11) is 1.97. The van der Waals surface area contributed by atoms with Crippen molar-refractivity contribution in [2.45, 2.75) is 45.2 Å². The molecule has 0 N–H and O–H groups in total. The van der Waals surface area contributed by atoms with E-state index in [9.17, 15) is 0 Å². The maximum absolute atomic E-state index is 6.08. The van der Waals surface area contributed by atoms with Crippen LogP contribution in [0.1, 0.15) is 31.3 Å². The van der Waals surface area contributed by atoms with Crippen LogP contribution >= 0.6 is 11.6 Å². The van der Waals surface area contributed by atoms with Crippen LogP contribution in [0.3, 0.4) is 0 Å². The molecule has 0 aromatic carbocycles. The van der Waals surface area contributed by atoms with Gasteiger partial charge in [-0.15, -0.1) is 11.6 Å². The number of hydrogen-bond acceptors (Lipinski definition) is 3. The lowest BCUT2D eigenvalue weighted by atomic mass is 9.99. The van der Waals surface area contributed by atoms with Crippen LogP contribution in [-0.4, -0.2) is 32.0 Å². The molecule has 1 fully saturated rings. The number of nitrogens with zero attached hydrogens (tertiary/aromatic N) is 4. The molecule has 0 radical (unpaired) electrons. The Bertz CT molecular complexity index is 618. The second kappa shape index (κ2) is 5.37. The zero-order valence-corrected chi connectivity index (χ0v) is 13.0. The molecule has 2 aromatic rings. The lowest BCUT2D eigenvalue weighted by Gasteiger charge is -2.18. The van der Waals surface area contributed by atoms with Crippen LogP contribution < -0.4 is 0 Å². The Hall–Kier alpha value is -1.07. The third-order valence-electron chi connectivity index (χ3n) is 4.25. The molecule has 0 aliphatic carbocycles. The van der Waals surface area contributed by atoms with E-state index < -0.39 is 0 Å². The molecule has 1 aliphatic rings. The fraction of sp³-hybridized carbons (Fsp3) is 0.714. The lowest BCUT2D eigenvalue weighted by Crippen LogP contribution is -2.21. The Morgan fingerprint density at radius 1 is 1.45 bits per heavy atom. The molecule has 6 heteroatoms. The van der Waals surface area contributed by atoms with Gasteiger partial charge in [0.1, 0.15) is 11.3 Å². The normalized spacial score (nSPS) is 23.0. The topological polar surface area (TPSA) is 44.9 Å². The van der Waals surface area contributed by atoms with Crippen molar-refractivity contribution in [3.05, 3.63) is 11.5 Å². The van der Waals surface area contributed by atoms with Crippen LogP contribution in [0.25, 0.3) is 11.2 Å². The number of aromatic nitrogens is 4. The molecular weight excluding hydrogens is 276 g/mol. The van der Waals surface area contributed by atoms with Crippen molar-refractivity contribution < 1.29 is 4.74 Å². The standard InChI is InChI=1S/C14H21ClN4O/c1-4-11-10(5-6-20-11)8-19-12(7-15)16-13-9(2)17-18(3)14(13)19/h10-11H,4-8H2,1-3H3. The van der Waals surface area contributed by atoms with E-state index in [2.05, 4.69) is 21.6 Å². The van der Waals surface area contributed by atoms with Crippen molar-refractivity contribution in [1.82, 2.24) is 19.3 Å². The van der Waals surface area contributed by atoms with Crippen molar-refractivity contribution in [3.63, 3.8) is 0 Å². The molecule has 110 valence electrons. The van der Waals surface area contributed by atoms with Crippen LogP contribution in [0.2, 0.25) is 0 Å². The number of rotatable bonds is 4. The van der Waals surface area contributed by atoms with Gasteiger partial charge in [-0.25, -0.2) is 4.98 Å². The van der Waals surface area contributed by atoms with Gasteiger partial charge in [0.25, 0.3) is 0 Å². The second-order valence-electron chi connectivity index (χ2n) is 5.52. The monoisotopic (exact) mass is 296 g/mol. The van der Waals surface area contributed by atoms with Crippen LogP contribution in [0.5, 0.6) is 0 Å². The van der Waals surface area contributed by atoms with E-state index >= 15 is 0 Å². The summed E-state index contributed by atoms with van der Waals surface area (Å²) in [6, 6.07) is 0. The molecule has 0 amide bonds. The van der Waals surface area contributed by atoms with E-state index in [1.54, 1.807) is 0 Å². The van der Waals surface area contributed by atoms with Gasteiger partial charge in [0, 0.05) is 26.1 Å². The number of alkyl halides is 1. The van der Waals surface area contributed by atoms with Crippen molar-refractivity contribution in [2.75, 3.05) is 6.61 Å². The first kappa shape index (κ1) is 13.9. The molecule has 2 unspecified atom stereocenters. The van der Waals surface area contributed by atoms with Crippen molar-refractivity contribution in [2.24, 2.45) is 13.0 Å². The Labute approximate surface area is 123 Å². The highest BCUT2D eigenvalue weighted by atomic mass is 35.5. The second-order valence-corrected chi connectivity index (χ2v) is 5.79. The van der Waals surface area contributed by atoms with Crippen LogP contribution in [0, 0.1) is 12.8 Å². The largest absolute Gasteiger partial charge is 0.378 e. The predicted octanol–water partition coefficient (Wildman–Crippen LogP) is 2.63. The number of fused-ring (bicyclic) bond motifs is 1. The summed E-state index contributed by atoms with van der Waals surface area (Å²) in [4.78, 5) is 4.65. The summed E-state index contributed by atoms with van der Waals surface area (Å²) in [5, 5.41) is 4.46. The maximum atomic E-state index is 6.08. The highest BCUT2D eigenvalue weighted by Crippen LogP contribution is 2.28. The molecule has 1 aliphatic heterocycles. The van der Waals surface area contributed by atoms with Gasteiger partial charge in [0.15, 0.2) is 5.65 Å². The van der Waals surface area contributed by atoms with Gasteiger partial charge in [0.2, 0.25) is 0 Å². The number of ether oxygens (including phenoxy) is 1. The average Bonchev–Trinajstić information content (AvgIpc) is 3.08. The number of hydrogen-bond donors (Lipinski definition) is 0. The Morgan fingerprint density at radius 2 is 2.25 bits per heavy atom. The van der Waals surface area contributed by atoms with E-state index in [4.69, 9.17) is 16.3 Å². The molecule has 3 rings (SSSR count). The fourth-order valence-corrected chi connectivity index (χ4v) is 3.47. The van der Waals surface area contributed by atoms with Crippen molar-refractivity contribution >= 4 is 22.8 Å². The van der Waals surface area contributed by atoms with Crippen LogP contribution in [0.4, 0.5) is 0 Å². The summed E-state index contributed by atoms with van der Waals surface area (Å²) in [5.41, 5.74) is 3.00. The van der Waals surface area contributed by atoms with Gasteiger partial charge in [-0.3, -0.25) is 4.68 Å². The van der Waals surface area contributed by atoms with E-state index in [0.29, 0.717) is 17.9 Å². The minimum absolute atomic E-state index is 0.352. The van der Waals surface area contributed by atoms with Gasteiger partial charge < -0.3 is 9.30 Å². The van der Waals surface area contributed by atoms with E-state index in [1.807, 2.05) is 18.7 Å². The predicted molar refractivity (Wildman–Crippen MR) is 78.9 cm³/mol. The van der Waals surface area contributed by atoms with E-state index in [1.165, 1.54) is 0 Å². The minimum Gasteiger partial charge on any atom is -0.378 e. The lowest BCUT2D eigenvalue weighted by molar-refractivity contribution is 0.0835. The van der Waals surface area contributed by atoms with Crippen molar-refractivity contribution in [1.29, 1.82) is 0 Å². The summed E-state index contributed by atoms with van der Waals surface area (Å²) in [6.07, 6.45) is 2.52. The average molecular weight is 297 g/mol. The molecule has 0 bridgehead atoms. The smallest absolute Gasteiger partial charge is 0.158 e. The van der Waals surface area contributed by atoms with Crippen LogP contribution in [-0.2, 0) is 24.2 Å². The molecule has 0 spiro atoms. The molecule has 1 saturated heterocycles. The van der Waals surface area contributed by atoms with Gasteiger partial charge in [0.05, 0.1) is 17.7 Å². The van der Waals surface area contributed by atoms with Gasteiger partial charge in [-0.05, 0) is 19.8 Å². The van der Waals surface area contributed by atoms with E-state index in [-0.39, 0.29) is 0 Å². The summed E-state index contributed by atoms with van der Waals surface area (Å²) < 4.78 is 9.93. The molecular formula is C14H21ClN4O. The third kappa shape index (κ3) is 2.13. The van der Waals surface area contributed by atoms with Gasteiger partial charge in [-0.2, -0.15) is 5.10 Å². The Kier molecular flexibility index (Phi) is 3.73. The van der Waals surface area contributed by atoms with Crippen LogP contribution in [0.15, 0.2) is 0 Å². The zero-order valence-electron chi connectivity index (χ0n) is 12.3. The molecule has 0 saturated carbocycles. The fourth-order valence-electron chi connectivity index (χ4n) is 3.26. The quantitative estimate of drug-likeness (QED) is 0.815. The molecule has 5 nitrogen and oxygen atoms in total. The Morgan fingerprint density at radius 3 is 2.95 bits per heavy atom. The third-order valence-corrected chi connectivity index (χ3v) is 4.49. The number of imidazole rings is 1. The summed E-state index contributed by atoms with van der Waals surface area (Å²) in [5.74, 6) is 1.90. The number of halogens is 1. The molecule has 2 aromatic heterocycles. The van der Waals surface area contributed by atoms with Crippen molar-refractivity contribution in [3.8, 4) is 0 Å². The highest BCUT2D eigenvalue weighted by molar-refractivity contribution is 6.16. The van der Waals surface area contributed by atoms with E-state index in [0.717, 1.165) is 48.7 Å². The summed E-state index contributed by atoms with van der Waals surface area (Å²) >= 11 is 6.08. The highest BCUT2D eigenvalue weighted by Gasteiger charge is 2.29. The first-order valence-corrected chi connectivity index (χ1v) is 7.75.